The number of hydrogen-bond acceptors (Lipinski definition) is 3. The molecule has 19 heavy (non-hydrogen) atoms. The monoisotopic (exact) mass is 272 g/mol. The average molecular weight is 272 g/mol. The van der Waals surface area contributed by atoms with E-state index >= 15 is 0 Å². The third-order valence-corrected chi connectivity index (χ3v) is 6.38. The minimum absolute atomic E-state index is 1.04. The van der Waals surface area contributed by atoms with Gasteiger partial charge < -0.3 is 13.3 Å². The van der Waals surface area contributed by atoms with Gasteiger partial charge in [0.1, 0.15) is 0 Å². The SMILES string of the molecule is CO[Si](OC)(OC)c1cccc2c1-c1ccccc1-2. The molecule has 0 radical (unpaired) electrons. The normalized spacial score (nSPS) is 12.6. The van der Waals surface area contributed by atoms with Crippen molar-refractivity contribution in [3.8, 4) is 22.3 Å². The molecule has 2 aromatic rings. The van der Waals surface area contributed by atoms with Crippen LogP contribution in [0.1, 0.15) is 0 Å². The Hall–Kier alpha value is -1.46. The molecule has 0 amide bonds. The summed E-state index contributed by atoms with van der Waals surface area (Å²) in [6, 6.07) is 14.6. The van der Waals surface area contributed by atoms with Crippen LogP contribution in [0.2, 0.25) is 0 Å². The molecular weight excluding hydrogens is 256 g/mol. The van der Waals surface area contributed by atoms with E-state index in [1.165, 1.54) is 22.3 Å². The van der Waals surface area contributed by atoms with Crippen molar-refractivity contribution in [1.29, 1.82) is 0 Å². The molecule has 0 unspecified atom stereocenters. The second-order valence-electron chi connectivity index (χ2n) is 4.44. The molecule has 1 aliphatic carbocycles. The van der Waals surface area contributed by atoms with Gasteiger partial charge in [-0.1, -0.05) is 42.5 Å². The highest BCUT2D eigenvalue weighted by Gasteiger charge is 2.45. The van der Waals surface area contributed by atoms with E-state index in [0.29, 0.717) is 0 Å². The van der Waals surface area contributed by atoms with E-state index in [4.69, 9.17) is 13.3 Å². The van der Waals surface area contributed by atoms with E-state index in [1.807, 2.05) is 18.2 Å². The summed E-state index contributed by atoms with van der Waals surface area (Å²) in [4.78, 5) is 0. The summed E-state index contributed by atoms with van der Waals surface area (Å²) >= 11 is 0. The van der Waals surface area contributed by atoms with E-state index in [0.717, 1.165) is 5.19 Å². The second-order valence-corrected chi connectivity index (χ2v) is 7.32. The maximum atomic E-state index is 5.60. The van der Waals surface area contributed by atoms with Gasteiger partial charge in [-0.15, -0.1) is 0 Å². The quantitative estimate of drug-likeness (QED) is 0.683. The molecular formula is C15H16O3Si. The summed E-state index contributed by atoms with van der Waals surface area (Å²) in [7, 11) is 2.14. The number of rotatable bonds is 4. The summed E-state index contributed by atoms with van der Waals surface area (Å²) in [5.74, 6) is 0. The third-order valence-electron chi connectivity index (χ3n) is 3.69. The van der Waals surface area contributed by atoms with Crippen LogP contribution < -0.4 is 5.19 Å². The summed E-state index contributed by atoms with van der Waals surface area (Å²) < 4.78 is 16.8. The van der Waals surface area contributed by atoms with Crippen molar-refractivity contribution in [2.24, 2.45) is 0 Å². The van der Waals surface area contributed by atoms with E-state index < -0.39 is 8.80 Å². The van der Waals surface area contributed by atoms with Gasteiger partial charge in [0.25, 0.3) is 0 Å². The van der Waals surface area contributed by atoms with Gasteiger partial charge in [0, 0.05) is 26.5 Å². The minimum atomic E-state index is -2.79. The van der Waals surface area contributed by atoms with Crippen molar-refractivity contribution in [2.75, 3.05) is 21.3 Å². The van der Waals surface area contributed by atoms with Crippen molar-refractivity contribution in [3.63, 3.8) is 0 Å². The highest BCUT2D eigenvalue weighted by Crippen LogP contribution is 2.46. The molecule has 0 heterocycles. The average Bonchev–Trinajstić information content (AvgIpc) is 2.47. The van der Waals surface area contributed by atoms with Gasteiger partial charge in [0.05, 0.1) is 0 Å². The maximum absolute atomic E-state index is 5.60. The molecule has 1 aliphatic rings. The number of hydrogen-bond donors (Lipinski definition) is 0. The maximum Gasteiger partial charge on any atom is 0.537 e. The second kappa shape index (κ2) is 4.58. The van der Waals surface area contributed by atoms with Gasteiger partial charge in [-0.25, -0.2) is 0 Å². The molecule has 2 aromatic carbocycles. The first-order chi connectivity index (χ1) is 9.27. The molecule has 0 saturated carbocycles. The van der Waals surface area contributed by atoms with Crippen molar-refractivity contribution in [1.82, 2.24) is 0 Å². The topological polar surface area (TPSA) is 27.7 Å². The Labute approximate surface area is 114 Å². The van der Waals surface area contributed by atoms with Crippen LogP contribution in [0, 0.1) is 0 Å². The van der Waals surface area contributed by atoms with Gasteiger partial charge in [-0.05, 0) is 22.3 Å². The predicted molar refractivity (Wildman–Crippen MR) is 77.3 cm³/mol. The van der Waals surface area contributed by atoms with Crippen molar-refractivity contribution in [2.45, 2.75) is 0 Å². The van der Waals surface area contributed by atoms with Gasteiger partial charge >= 0.3 is 8.80 Å². The van der Waals surface area contributed by atoms with Crippen LogP contribution in [-0.4, -0.2) is 30.1 Å². The Morgan fingerprint density at radius 2 is 1.26 bits per heavy atom. The van der Waals surface area contributed by atoms with Crippen LogP contribution in [0.3, 0.4) is 0 Å². The molecule has 3 nitrogen and oxygen atoms in total. The molecule has 0 N–H and O–H groups in total. The molecule has 0 bridgehead atoms. The smallest absolute Gasteiger partial charge is 0.373 e. The Bertz CT molecular complexity index is 612. The Morgan fingerprint density at radius 3 is 1.89 bits per heavy atom. The fraction of sp³-hybridized carbons (Fsp3) is 0.200. The molecule has 0 aliphatic heterocycles. The predicted octanol–water partition coefficient (Wildman–Crippen LogP) is 2.42. The lowest BCUT2D eigenvalue weighted by atomic mass is 9.81. The van der Waals surface area contributed by atoms with Gasteiger partial charge in [-0.3, -0.25) is 0 Å². The Morgan fingerprint density at radius 1 is 0.684 bits per heavy atom. The van der Waals surface area contributed by atoms with Crippen molar-refractivity contribution < 1.29 is 13.3 Å². The lowest BCUT2D eigenvalue weighted by molar-refractivity contribution is 0.140. The Kier molecular flexibility index (Phi) is 3.03. The van der Waals surface area contributed by atoms with E-state index in [2.05, 4.69) is 24.3 Å². The van der Waals surface area contributed by atoms with Gasteiger partial charge in [0.15, 0.2) is 0 Å². The first-order valence-corrected chi connectivity index (χ1v) is 7.88. The molecule has 3 rings (SSSR count). The van der Waals surface area contributed by atoms with E-state index in [9.17, 15) is 0 Å². The number of benzene rings is 2. The zero-order valence-corrected chi connectivity index (χ0v) is 12.3. The highest BCUT2D eigenvalue weighted by molar-refractivity contribution is 6.77. The van der Waals surface area contributed by atoms with E-state index in [-0.39, 0.29) is 0 Å². The summed E-state index contributed by atoms with van der Waals surface area (Å²) in [5, 5.41) is 1.04. The van der Waals surface area contributed by atoms with Crippen LogP contribution >= 0.6 is 0 Å². The summed E-state index contributed by atoms with van der Waals surface area (Å²) in [6.07, 6.45) is 0. The summed E-state index contributed by atoms with van der Waals surface area (Å²) in [5.41, 5.74) is 4.98. The largest absolute Gasteiger partial charge is 0.537 e. The lowest BCUT2D eigenvalue weighted by Gasteiger charge is -2.32. The summed E-state index contributed by atoms with van der Waals surface area (Å²) in [6.45, 7) is 0. The third kappa shape index (κ3) is 1.61. The molecule has 98 valence electrons. The molecule has 0 aromatic heterocycles. The van der Waals surface area contributed by atoms with Gasteiger partial charge in [-0.2, -0.15) is 0 Å². The molecule has 0 fully saturated rings. The standard InChI is InChI=1S/C15H16O3Si/c1-16-19(17-2,18-3)14-10-6-9-13-11-7-4-5-8-12(11)15(13)14/h4-10H,1-3H3. The molecule has 0 atom stereocenters. The lowest BCUT2D eigenvalue weighted by Crippen LogP contribution is -2.55. The highest BCUT2D eigenvalue weighted by atomic mass is 28.4. The first kappa shape index (κ1) is 12.6. The number of fused-ring (bicyclic) bond motifs is 4. The first-order valence-electron chi connectivity index (χ1n) is 6.16. The fourth-order valence-corrected chi connectivity index (χ4v) is 4.81. The van der Waals surface area contributed by atoms with Crippen LogP contribution in [0.5, 0.6) is 0 Å². The molecule has 0 spiro atoms. The zero-order valence-electron chi connectivity index (χ0n) is 11.3. The van der Waals surface area contributed by atoms with Crippen LogP contribution in [0.4, 0.5) is 0 Å². The fourth-order valence-electron chi connectivity index (χ4n) is 2.78. The Balaban J connectivity index is 2.20. The van der Waals surface area contributed by atoms with Crippen molar-refractivity contribution in [3.05, 3.63) is 42.5 Å². The molecule has 0 saturated heterocycles. The van der Waals surface area contributed by atoms with E-state index in [1.54, 1.807) is 21.3 Å². The van der Waals surface area contributed by atoms with Crippen LogP contribution in [0.15, 0.2) is 42.5 Å². The zero-order chi connectivity index (χ0) is 13.5. The van der Waals surface area contributed by atoms with Gasteiger partial charge in [0.2, 0.25) is 0 Å². The van der Waals surface area contributed by atoms with Crippen molar-refractivity contribution >= 4 is 14.0 Å². The molecule has 4 heteroatoms. The van der Waals surface area contributed by atoms with Crippen LogP contribution in [0.25, 0.3) is 22.3 Å². The minimum Gasteiger partial charge on any atom is -0.373 e. The van der Waals surface area contributed by atoms with Crippen LogP contribution in [-0.2, 0) is 13.3 Å².